The van der Waals surface area contributed by atoms with Gasteiger partial charge in [-0.25, -0.2) is 9.78 Å². The lowest BCUT2D eigenvalue weighted by atomic mass is 10.1. The number of carbonyl (C=O) groups excluding carboxylic acids is 1. The summed E-state index contributed by atoms with van der Waals surface area (Å²) in [6.45, 7) is 1.98. The van der Waals surface area contributed by atoms with Gasteiger partial charge in [-0.1, -0.05) is 12.1 Å². The Hall–Kier alpha value is -2.63. The third-order valence-electron chi connectivity index (χ3n) is 2.83. The number of nitrogens with two attached hydrogens (primary N) is 1. The minimum atomic E-state index is -0.513. The maximum atomic E-state index is 11.4. The zero-order valence-corrected chi connectivity index (χ0v) is 11.3. The van der Waals surface area contributed by atoms with Crippen molar-refractivity contribution in [2.75, 3.05) is 18.2 Å². The predicted molar refractivity (Wildman–Crippen MR) is 76.3 cm³/mol. The smallest absolute Gasteiger partial charge is 0.358 e. The lowest BCUT2D eigenvalue weighted by Gasteiger charge is -2.15. The summed E-state index contributed by atoms with van der Waals surface area (Å²) in [7, 11) is 1.31. The Labute approximate surface area is 117 Å². The summed E-state index contributed by atoms with van der Waals surface area (Å²) in [5.41, 5.74) is 7.60. The summed E-state index contributed by atoms with van der Waals surface area (Å²) < 4.78 is 4.61. The molecule has 1 unspecified atom stereocenters. The molecular weight excluding hydrogens is 256 g/mol. The summed E-state index contributed by atoms with van der Waals surface area (Å²) >= 11 is 0. The van der Waals surface area contributed by atoms with E-state index in [2.05, 4.69) is 20.0 Å². The van der Waals surface area contributed by atoms with Crippen LogP contribution in [0.3, 0.4) is 0 Å². The molecule has 0 fully saturated rings. The number of anilines is 2. The number of nitrogens with one attached hydrogen (secondary N) is 1. The van der Waals surface area contributed by atoms with E-state index in [0.29, 0.717) is 11.5 Å². The highest BCUT2D eigenvalue weighted by molar-refractivity contribution is 5.87. The van der Waals surface area contributed by atoms with Gasteiger partial charge in [-0.05, 0) is 24.6 Å². The molecule has 104 valence electrons. The number of methoxy groups -OCH3 is 1. The molecule has 0 spiro atoms. The molecule has 0 bridgehead atoms. The van der Waals surface area contributed by atoms with Crippen molar-refractivity contribution in [3.05, 3.63) is 47.9 Å². The van der Waals surface area contributed by atoms with Crippen LogP contribution in [0.25, 0.3) is 0 Å². The number of hydrogen-bond acceptors (Lipinski definition) is 6. The van der Waals surface area contributed by atoms with Gasteiger partial charge in [0.2, 0.25) is 0 Å². The average Bonchev–Trinajstić information content (AvgIpc) is 2.47. The number of nitrogen functional groups attached to an aromatic ring is 1. The predicted octanol–water partition coefficient (Wildman–Crippen LogP) is 2.02. The van der Waals surface area contributed by atoms with E-state index in [1.165, 1.54) is 13.3 Å². The van der Waals surface area contributed by atoms with Crippen molar-refractivity contribution in [1.82, 2.24) is 9.97 Å². The summed E-state index contributed by atoms with van der Waals surface area (Å²) in [6.07, 6.45) is 2.92. The van der Waals surface area contributed by atoms with E-state index in [0.717, 1.165) is 5.56 Å². The first-order valence-electron chi connectivity index (χ1n) is 6.12. The first-order valence-corrected chi connectivity index (χ1v) is 6.12. The number of ether oxygens (including phenoxy) is 1. The quantitative estimate of drug-likeness (QED) is 0.653. The van der Waals surface area contributed by atoms with Crippen molar-refractivity contribution in [2.45, 2.75) is 13.0 Å². The second-order valence-electron chi connectivity index (χ2n) is 4.31. The second-order valence-corrected chi connectivity index (χ2v) is 4.31. The van der Waals surface area contributed by atoms with Crippen molar-refractivity contribution in [1.29, 1.82) is 0 Å². The fourth-order valence-electron chi connectivity index (χ4n) is 1.73. The molecule has 0 aliphatic rings. The molecule has 0 aliphatic heterocycles. The third-order valence-corrected chi connectivity index (χ3v) is 2.83. The molecule has 0 saturated carbocycles. The Morgan fingerprint density at radius 3 is 2.65 bits per heavy atom. The number of nitrogens with zero attached hydrogens (tertiary/aromatic N) is 2. The Morgan fingerprint density at radius 1 is 1.30 bits per heavy atom. The van der Waals surface area contributed by atoms with E-state index >= 15 is 0 Å². The largest absolute Gasteiger partial charge is 0.464 e. The molecule has 0 amide bonds. The minimum Gasteiger partial charge on any atom is -0.464 e. The summed E-state index contributed by atoms with van der Waals surface area (Å²) in [5, 5.41) is 3.17. The summed E-state index contributed by atoms with van der Waals surface area (Å²) in [5.74, 6) is -0.00138. The van der Waals surface area contributed by atoms with E-state index in [1.54, 1.807) is 6.20 Å². The van der Waals surface area contributed by atoms with Crippen LogP contribution in [0.1, 0.15) is 29.0 Å². The van der Waals surface area contributed by atoms with Gasteiger partial charge < -0.3 is 15.8 Å². The molecule has 2 aromatic rings. The van der Waals surface area contributed by atoms with E-state index in [1.807, 2.05) is 31.2 Å². The monoisotopic (exact) mass is 272 g/mol. The zero-order chi connectivity index (χ0) is 14.5. The Morgan fingerprint density at radius 2 is 2.00 bits per heavy atom. The fourth-order valence-corrected chi connectivity index (χ4v) is 1.73. The van der Waals surface area contributed by atoms with Gasteiger partial charge in [0.25, 0.3) is 0 Å². The van der Waals surface area contributed by atoms with Gasteiger partial charge in [0.05, 0.1) is 19.5 Å². The van der Waals surface area contributed by atoms with Gasteiger partial charge >= 0.3 is 5.97 Å². The van der Waals surface area contributed by atoms with Crippen LogP contribution in [-0.4, -0.2) is 23.0 Å². The maximum Gasteiger partial charge on any atom is 0.358 e. The molecule has 1 aromatic carbocycles. The lowest BCUT2D eigenvalue weighted by molar-refractivity contribution is 0.0593. The molecule has 6 heteroatoms. The zero-order valence-electron chi connectivity index (χ0n) is 11.3. The third kappa shape index (κ3) is 3.23. The molecule has 0 saturated heterocycles. The van der Waals surface area contributed by atoms with Crippen molar-refractivity contribution < 1.29 is 9.53 Å². The Bertz CT molecular complexity index is 598. The molecule has 2 rings (SSSR count). The van der Waals surface area contributed by atoms with Crippen LogP contribution in [0.15, 0.2) is 36.7 Å². The van der Waals surface area contributed by atoms with Crippen LogP contribution >= 0.6 is 0 Å². The molecule has 6 nitrogen and oxygen atoms in total. The lowest BCUT2D eigenvalue weighted by Crippen LogP contribution is -2.11. The van der Waals surface area contributed by atoms with Gasteiger partial charge in [0, 0.05) is 11.7 Å². The molecule has 20 heavy (non-hydrogen) atoms. The van der Waals surface area contributed by atoms with Gasteiger partial charge in [-0.15, -0.1) is 0 Å². The first-order chi connectivity index (χ1) is 9.60. The molecule has 1 aromatic heterocycles. The van der Waals surface area contributed by atoms with Crippen LogP contribution in [-0.2, 0) is 4.74 Å². The van der Waals surface area contributed by atoms with E-state index in [-0.39, 0.29) is 11.7 Å². The van der Waals surface area contributed by atoms with Gasteiger partial charge in [-0.2, -0.15) is 0 Å². The molecular formula is C14H16N4O2. The highest BCUT2D eigenvalue weighted by atomic mass is 16.5. The number of rotatable bonds is 4. The highest BCUT2D eigenvalue weighted by Gasteiger charge is 2.10. The van der Waals surface area contributed by atoms with Crippen LogP contribution in [0, 0.1) is 0 Å². The number of hydrogen-bond donors (Lipinski definition) is 2. The summed E-state index contributed by atoms with van der Waals surface area (Å²) in [6, 6.07) is 7.56. The SMILES string of the molecule is COC(=O)c1cncc(NC(C)c2ccc(N)cc2)n1. The number of benzene rings is 1. The number of carbonyl (C=O) groups is 1. The second kappa shape index (κ2) is 6.01. The van der Waals surface area contributed by atoms with Crippen molar-refractivity contribution in [3.8, 4) is 0 Å². The molecule has 3 N–H and O–H groups in total. The molecule has 0 aliphatic carbocycles. The van der Waals surface area contributed by atoms with Crippen molar-refractivity contribution in [3.63, 3.8) is 0 Å². The van der Waals surface area contributed by atoms with Gasteiger partial charge in [-0.3, -0.25) is 4.98 Å². The summed E-state index contributed by atoms with van der Waals surface area (Å²) in [4.78, 5) is 19.5. The molecule has 1 atom stereocenters. The highest BCUT2D eigenvalue weighted by Crippen LogP contribution is 2.18. The number of esters is 1. The standard InChI is InChI=1S/C14H16N4O2/c1-9(10-3-5-11(15)6-4-10)17-13-8-16-7-12(18-13)14(19)20-2/h3-9H,15H2,1-2H3,(H,17,18). The van der Waals surface area contributed by atoms with Crippen molar-refractivity contribution in [2.24, 2.45) is 0 Å². The fraction of sp³-hybridized carbons (Fsp3) is 0.214. The van der Waals surface area contributed by atoms with E-state index < -0.39 is 5.97 Å². The topological polar surface area (TPSA) is 90.1 Å². The van der Waals surface area contributed by atoms with Crippen LogP contribution in [0.2, 0.25) is 0 Å². The first kappa shape index (κ1) is 13.8. The molecule has 1 heterocycles. The van der Waals surface area contributed by atoms with Crippen LogP contribution in [0.5, 0.6) is 0 Å². The van der Waals surface area contributed by atoms with Gasteiger partial charge in [0.15, 0.2) is 5.69 Å². The van der Waals surface area contributed by atoms with Gasteiger partial charge in [0.1, 0.15) is 5.82 Å². The maximum absolute atomic E-state index is 11.4. The molecule has 0 radical (unpaired) electrons. The van der Waals surface area contributed by atoms with E-state index in [9.17, 15) is 4.79 Å². The number of aromatic nitrogens is 2. The normalized spacial score (nSPS) is 11.7. The van der Waals surface area contributed by atoms with E-state index in [4.69, 9.17) is 5.73 Å². The van der Waals surface area contributed by atoms with Crippen molar-refractivity contribution >= 4 is 17.5 Å². The Balaban J connectivity index is 2.13. The van der Waals surface area contributed by atoms with Crippen LogP contribution in [0.4, 0.5) is 11.5 Å². The Kier molecular flexibility index (Phi) is 4.14. The minimum absolute atomic E-state index is 0.0118. The van der Waals surface area contributed by atoms with Crippen LogP contribution < -0.4 is 11.1 Å². The average molecular weight is 272 g/mol.